The van der Waals surface area contributed by atoms with Gasteiger partial charge in [0.1, 0.15) is 10.4 Å². The summed E-state index contributed by atoms with van der Waals surface area (Å²) in [6.45, 7) is -0.240. The zero-order chi connectivity index (χ0) is 7.56. The van der Waals surface area contributed by atoms with Crippen LogP contribution in [0.2, 0.25) is 0 Å². The van der Waals surface area contributed by atoms with Crippen molar-refractivity contribution in [3.05, 3.63) is 28.2 Å². The number of hydrogen-bond donors (Lipinski definition) is 1. The van der Waals surface area contributed by atoms with Crippen LogP contribution in [0.1, 0.15) is 5.69 Å². The van der Waals surface area contributed by atoms with Crippen molar-refractivity contribution in [2.75, 3.05) is 0 Å². The zero-order valence-electron chi connectivity index (χ0n) is 5.01. The van der Waals surface area contributed by atoms with Crippen molar-refractivity contribution in [2.45, 2.75) is 6.61 Å². The Morgan fingerprint density at radius 1 is 1.60 bits per heavy atom. The Labute approximate surface area is 65.8 Å². The van der Waals surface area contributed by atoms with Gasteiger partial charge in [0.15, 0.2) is 0 Å². The van der Waals surface area contributed by atoms with Gasteiger partial charge in [-0.05, 0) is 22.0 Å². The lowest BCUT2D eigenvalue weighted by atomic mass is 10.4. The Kier molecular flexibility index (Phi) is 2.34. The predicted octanol–water partition coefficient (Wildman–Crippen LogP) is 1.48. The number of hydrogen-bond acceptors (Lipinski definition) is 2. The molecule has 2 nitrogen and oxygen atoms in total. The van der Waals surface area contributed by atoms with E-state index in [-0.39, 0.29) is 6.61 Å². The van der Waals surface area contributed by atoms with Crippen molar-refractivity contribution in [2.24, 2.45) is 0 Å². The lowest BCUT2D eigenvalue weighted by molar-refractivity contribution is 0.276. The van der Waals surface area contributed by atoms with E-state index in [9.17, 15) is 4.39 Å². The standard InChI is InChI=1S/C6H5BrFNO/c7-6-2-4(8)1-5(3-10)9-6/h1-2,10H,3H2. The highest BCUT2D eigenvalue weighted by Gasteiger charge is 1.97. The summed E-state index contributed by atoms with van der Waals surface area (Å²) in [7, 11) is 0. The van der Waals surface area contributed by atoms with Crippen LogP contribution >= 0.6 is 15.9 Å². The summed E-state index contributed by atoms with van der Waals surface area (Å²) >= 11 is 2.99. The maximum absolute atomic E-state index is 12.4. The molecule has 1 N–H and O–H groups in total. The van der Waals surface area contributed by atoms with E-state index in [2.05, 4.69) is 20.9 Å². The first kappa shape index (κ1) is 7.63. The van der Waals surface area contributed by atoms with Crippen LogP contribution in [0.4, 0.5) is 4.39 Å². The maximum Gasteiger partial charge on any atom is 0.127 e. The molecule has 4 heteroatoms. The predicted molar refractivity (Wildman–Crippen MR) is 37.8 cm³/mol. The van der Waals surface area contributed by atoms with E-state index >= 15 is 0 Å². The number of aliphatic hydroxyl groups is 1. The van der Waals surface area contributed by atoms with Gasteiger partial charge in [-0.1, -0.05) is 0 Å². The lowest BCUT2D eigenvalue weighted by Crippen LogP contribution is -1.90. The monoisotopic (exact) mass is 205 g/mol. The molecule has 1 heterocycles. The number of rotatable bonds is 1. The molecule has 0 unspecified atom stereocenters. The number of pyridine rings is 1. The van der Waals surface area contributed by atoms with Crippen LogP contribution in [0, 0.1) is 5.82 Å². The molecule has 0 aromatic carbocycles. The van der Waals surface area contributed by atoms with Crippen molar-refractivity contribution < 1.29 is 9.50 Å². The zero-order valence-corrected chi connectivity index (χ0v) is 6.60. The fourth-order valence-electron chi connectivity index (χ4n) is 0.597. The van der Waals surface area contributed by atoms with Crippen molar-refractivity contribution in [3.8, 4) is 0 Å². The first-order valence-electron chi connectivity index (χ1n) is 2.65. The molecule has 1 rings (SSSR count). The van der Waals surface area contributed by atoms with E-state index in [1.165, 1.54) is 12.1 Å². The van der Waals surface area contributed by atoms with Gasteiger partial charge < -0.3 is 5.11 Å². The maximum atomic E-state index is 12.4. The molecule has 1 aromatic heterocycles. The second kappa shape index (κ2) is 3.07. The molecule has 0 saturated carbocycles. The highest BCUT2D eigenvalue weighted by Crippen LogP contribution is 2.09. The molecule has 0 bridgehead atoms. The summed E-state index contributed by atoms with van der Waals surface area (Å²) in [5, 5.41) is 8.54. The van der Waals surface area contributed by atoms with Gasteiger partial charge in [-0.15, -0.1) is 0 Å². The first-order valence-corrected chi connectivity index (χ1v) is 3.44. The van der Waals surface area contributed by atoms with Gasteiger partial charge in [-0.3, -0.25) is 0 Å². The Bertz CT molecular complexity index is 221. The van der Waals surface area contributed by atoms with E-state index in [4.69, 9.17) is 5.11 Å². The molecule has 10 heavy (non-hydrogen) atoms. The minimum absolute atomic E-state index is 0.240. The topological polar surface area (TPSA) is 33.1 Å². The molecule has 0 aliphatic rings. The smallest absolute Gasteiger partial charge is 0.127 e. The Balaban J connectivity index is 3.06. The van der Waals surface area contributed by atoms with Crippen LogP contribution in [0.25, 0.3) is 0 Å². The van der Waals surface area contributed by atoms with Crippen molar-refractivity contribution in [3.63, 3.8) is 0 Å². The fourth-order valence-corrected chi connectivity index (χ4v) is 1.04. The Morgan fingerprint density at radius 3 is 2.80 bits per heavy atom. The quantitative estimate of drug-likeness (QED) is 0.705. The number of halogens is 2. The third-order valence-electron chi connectivity index (χ3n) is 0.974. The van der Waals surface area contributed by atoms with Crippen LogP contribution < -0.4 is 0 Å². The highest BCUT2D eigenvalue weighted by atomic mass is 79.9. The van der Waals surface area contributed by atoms with Crippen LogP contribution in [0.15, 0.2) is 16.7 Å². The molecule has 54 valence electrons. The van der Waals surface area contributed by atoms with Crippen LogP contribution in [-0.2, 0) is 6.61 Å². The summed E-state index contributed by atoms with van der Waals surface area (Å²) in [4.78, 5) is 3.78. The van der Waals surface area contributed by atoms with E-state index in [1.807, 2.05) is 0 Å². The largest absolute Gasteiger partial charge is 0.390 e. The third kappa shape index (κ3) is 1.75. The molecule has 0 atom stereocenters. The third-order valence-corrected chi connectivity index (χ3v) is 1.38. The van der Waals surface area contributed by atoms with Gasteiger partial charge in [-0.2, -0.15) is 0 Å². The van der Waals surface area contributed by atoms with Gasteiger partial charge in [0.05, 0.1) is 12.3 Å². The molecular weight excluding hydrogens is 201 g/mol. The van der Waals surface area contributed by atoms with E-state index in [1.54, 1.807) is 0 Å². The van der Waals surface area contributed by atoms with E-state index in [0.29, 0.717) is 10.3 Å². The van der Waals surface area contributed by atoms with Crippen LogP contribution in [0.3, 0.4) is 0 Å². The average Bonchev–Trinajstić information content (AvgIpc) is 1.85. The van der Waals surface area contributed by atoms with Gasteiger partial charge in [0, 0.05) is 6.07 Å². The molecule has 0 spiro atoms. The number of nitrogens with zero attached hydrogens (tertiary/aromatic N) is 1. The average molecular weight is 206 g/mol. The van der Waals surface area contributed by atoms with Gasteiger partial charge >= 0.3 is 0 Å². The van der Waals surface area contributed by atoms with Crippen LogP contribution in [-0.4, -0.2) is 10.1 Å². The second-order valence-corrected chi connectivity index (χ2v) is 2.57. The van der Waals surface area contributed by atoms with Crippen molar-refractivity contribution in [1.82, 2.24) is 4.98 Å². The number of aliphatic hydroxyl groups excluding tert-OH is 1. The van der Waals surface area contributed by atoms with E-state index in [0.717, 1.165) is 0 Å². The summed E-state index contributed by atoms with van der Waals surface area (Å²) < 4.78 is 12.8. The van der Waals surface area contributed by atoms with Crippen molar-refractivity contribution >= 4 is 15.9 Å². The molecule has 0 saturated heterocycles. The summed E-state index contributed by atoms with van der Waals surface area (Å²) in [5.41, 5.74) is 0.326. The minimum atomic E-state index is -0.397. The van der Waals surface area contributed by atoms with E-state index < -0.39 is 5.82 Å². The normalized spacial score (nSPS) is 9.90. The van der Waals surface area contributed by atoms with Gasteiger partial charge in [0.2, 0.25) is 0 Å². The van der Waals surface area contributed by atoms with Gasteiger partial charge in [-0.25, -0.2) is 9.37 Å². The summed E-state index contributed by atoms with van der Waals surface area (Å²) in [6.07, 6.45) is 0. The summed E-state index contributed by atoms with van der Waals surface area (Å²) in [6, 6.07) is 2.42. The molecule has 0 aliphatic carbocycles. The Morgan fingerprint density at radius 2 is 2.30 bits per heavy atom. The van der Waals surface area contributed by atoms with Crippen LogP contribution in [0.5, 0.6) is 0 Å². The molecule has 1 aromatic rings. The molecule has 0 fully saturated rings. The van der Waals surface area contributed by atoms with Gasteiger partial charge in [0.25, 0.3) is 0 Å². The number of aromatic nitrogens is 1. The molecule has 0 aliphatic heterocycles. The molecule has 0 amide bonds. The lowest BCUT2D eigenvalue weighted by Gasteiger charge is -1.95. The molecule has 0 radical (unpaired) electrons. The summed E-state index contributed by atoms with van der Waals surface area (Å²) in [5.74, 6) is -0.397. The first-order chi connectivity index (χ1) is 4.72. The SMILES string of the molecule is OCc1cc(F)cc(Br)n1. The fraction of sp³-hybridized carbons (Fsp3) is 0.167. The Hall–Kier alpha value is -0.480. The second-order valence-electron chi connectivity index (χ2n) is 1.76. The minimum Gasteiger partial charge on any atom is -0.390 e. The molecular formula is C6H5BrFNO. The highest BCUT2D eigenvalue weighted by molar-refractivity contribution is 9.10. The van der Waals surface area contributed by atoms with Crippen molar-refractivity contribution in [1.29, 1.82) is 0 Å².